The van der Waals surface area contributed by atoms with E-state index in [-0.39, 0.29) is 0 Å². The van der Waals surface area contributed by atoms with Crippen LogP contribution in [0.5, 0.6) is 0 Å². The molecule has 0 spiro atoms. The third-order valence-corrected chi connectivity index (χ3v) is 2.82. The Balaban J connectivity index is 2.36. The van der Waals surface area contributed by atoms with Crippen LogP contribution in [-0.4, -0.2) is 16.1 Å². The minimum atomic E-state index is -0.896. The molecule has 15 heavy (non-hydrogen) atoms. The Kier molecular flexibility index (Phi) is 1.51. The summed E-state index contributed by atoms with van der Waals surface area (Å²) in [6.07, 6.45) is 3.71. The molecule has 0 aromatic heterocycles. The summed E-state index contributed by atoms with van der Waals surface area (Å²) in [6.45, 7) is 0. The van der Waals surface area contributed by atoms with E-state index in [1.807, 2.05) is 36.4 Å². The molecule has 1 aliphatic carbocycles. The van der Waals surface area contributed by atoms with E-state index in [9.17, 15) is 4.79 Å². The molecule has 2 aliphatic heterocycles. The van der Waals surface area contributed by atoms with Crippen LogP contribution in [-0.2, 0) is 0 Å². The molecule has 0 saturated carbocycles. The lowest BCUT2D eigenvalue weighted by atomic mass is 10.0. The van der Waals surface area contributed by atoms with Gasteiger partial charge in [0.2, 0.25) is 0 Å². The molecule has 0 unspecified atom stereocenters. The van der Waals surface area contributed by atoms with Crippen LogP contribution in [0, 0.1) is 0 Å². The fourth-order valence-corrected chi connectivity index (χ4v) is 2.09. The predicted molar refractivity (Wildman–Crippen MR) is 56.1 cm³/mol. The molecule has 74 valence electrons. The van der Waals surface area contributed by atoms with Gasteiger partial charge in [-0.15, -0.1) is 0 Å². The minimum Gasteiger partial charge on any atom is -0.464 e. The highest BCUT2D eigenvalue weighted by Gasteiger charge is 2.33. The van der Waals surface area contributed by atoms with Crippen molar-refractivity contribution < 1.29 is 9.90 Å². The van der Waals surface area contributed by atoms with Crippen molar-refractivity contribution in [3.63, 3.8) is 0 Å². The molecule has 2 heterocycles. The van der Waals surface area contributed by atoms with Crippen molar-refractivity contribution in [2.75, 3.05) is 0 Å². The maximum absolute atomic E-state index is 11.0. The van der Waals surface area contributed by atoms with Crippen molar-refractivity contribution >= 4 is 17.9 Å². The highest BCUT2D eigenvalue weighted by Crippen LogP contribution is 2.33. The lowest BCUT2D eigenvalue weighted by molar-refractivity contribution is 0.167. The SMILES string of the molecule is O=C(O)N1C2=CC=c3ccccc3=C1C2. The number of amides is 1. The van der Waals surface area contributed by atoms with Gasteiger partial charge in [0.1, 0.15) is 0 Å². The molecule has 2 bridgehead atoms. The van der Waals surface area contributed by atoms with Gasteiger partial charge in [0.15, 0.2) is 0 Å². The Hall–Kier alpha value is -2.03. The van der Waals surface area contributed by atoms with Gasteiger partial charge in [0.25, 0.3) is 0 Å². The number of hydrogen-bond acceptors (Lipinski definition) is 1. The van der Waals surface area contributed by atoms with Gasteiger partial charge in [-0.3, -0.25) is 4.90 Å². The summed E-state index contributed by atoms with van der Waals surface area (Å²) in [6, 6.07) is 7.86. The maximum Gasteiger partial charge on any atom is 0.415 e. The van der Waals surface area contributed by atoms with E-state index < -0.39 is 6.09 Å². The van der Waals surface area contributed by atoms with Crippen LogP contribution in [0.2, 0.25) is 0 Å². The zero-order valence-electron chi connectivity index (χ0n) is 7.97. The average molecular weight is 199 g/mol. The Morgan fingerprint density at radius 3 is 2.87 bits per heavy atom. The standard InChI is InChI=1S/C12H9NO2/c14-12(15)13-9-6-5-8-3-1-2-4-10(8)11(13)7-9/h1-6H,7H2,(H,14,15). The monoisotopic (exact) mass is 199 g/mol. The largest absolute Gasteiger partial charge is 0.464 e. The molecule has 1 aromatic carbocycles. The van der Waals surface area contributed by atoms with E-state index in [4.69, 9.17) is 5.11 Å². The molecule has 3 heteroatoms. The topological polar surface area (TPSA) is 40.5 Å². The second-order valence-electron chi connectivity index (χ2n) is 3.65. The van der Waals surface area contributed by atoms with E-state index in [1.54, 1.807) is 0 Å². The fraction of sp³-hybridized carbons (Fsp3) is 0.0833. The zero-order chi connectivity index (χ0) is 10.4. The van der Waals surface area contributed by atoms with Crippen LogP contribution in [0.1, 0.15) is 6.42 Å². The quantitative estimate of drug-likeness (QED) is 0.673. The highest BCUT2D eigenvalue weighted by atomic mass is 16.4. The number of carbonyl (C=O) groups is 1. The molecule has 3 aliphatic rings. The number of fused-ring (bicyclic) bond motifs is 1. The Morgan fingerprint density at radius 2 is 2.07 bits per heavy atom. The number of allylic oxidation sites excluding steroid dienone is 1. The Morgan fingerprint density at radius 1 is 1.27 bits per heavy atom. The molecule has 0 radical (unpaired) electrons. The minimum absolute atomic E-state index is 0.750. The molecule has 0 atom stereocenters. The number of carboxylic acid groups (broad SMARTS) is 1. The summed E-state index contributed by atoms with van der Waals surface area (Å²) in [5, 5.41) is 11.2. The molecular formula is C12H9NO2. The number of benzene rings is 1. The van der Waals surface area contributed by atoms with Crippen molar-refractivity contribution in [3.05, 3.63) is 46.5 Å². The van der Waals surface area contributed by atoms with Crippen molar-refractivity contribution in [2.45, 2.75) is 6.42 Å². The first-order chi connectivity index (χ1) is 7.27. The van der Waals surface area contributed by atoms with Crippen LogP contribution in [0.4, 0.5) is 4.79 Å². The van der Waals surface area contributed by atoms with Gasteiger partial charge in [-0.05, 0) is 11.3 Å². The molecule has 1 amide bonds. The van der Waals surface area contributed by atoms with Crippen LogP contribution in [0.25, 0.3) is 11.8 Å². The van der Waals surface area contributed by atoms with E-state index >= 15 is 0 Å². The Bertz CT molecular complexity index is 598. The smallest absolute Gasteiger partial charge is 0.415 e. The predicted octanol–water partition coefficient (Wildman–Crippen LogP) is 0.857. The van der Waals surface area contributed by atoms with Gasteiger partial charge in [0, 0.05) is 23.0 Å². The summed E-state index contributed by atoms with van der Waals surface area (Å²) in [7, 11) is 0. The molecule has 1 fully saturated rings. The molecule has 3 nitrogen and oxygen atoms in total. The normalized spacial score (nSPS) is 16.9. The van der Waals surface area contributed by atoms with Crippen molar-refractivity contribution in [1.29, 1.82) is 0 Å². The first kappa shape index (κ1) is 8.29. The van der Waals surface area contributed by atoms with Gasteiger partial charge in [-0.1, -0.05) is 30.3 Å². The van der Waals surface area contributed by atoms with E-state index in [0.717, 1.165) is 28.3 Å². The molecule has 1 aromatic rings. The van der Waals surface area contributed by atoms with Gasteiger partial charge < -0.3 is 5.11 Å². The second kappa shape index (κ2) is 2.73. The second-order valence-corrected chi connectivity index (χ2v) is 3.65. The first-order valence-corrected chi connectivity index (χ1v) is 4.79. The lowest BCUT2D eigenvalue weighted by Crippen LogP contribution is -2.41. The maximum atomic E-state index is 11.0. The van der Waals surface area contributed by atoms with Crippen LogP contribution in [0.3, 0.4) is 0 Å². The molecular weight excluding hydrogens is 190 g/mol. The van der Waals surface area contributed by atoms with E-state index in [2.05, 4.69) is 0 Å². The van der Waals surface area contributed by atoms with Crippen molar-refractivity contribution in [3.8, 4) is 0 Å². The summed E-state index contributed by atoms with van der Waals surface area (Å²) in [4.78, 5) is 12.4. The lowest BCUT2D eigenvalue weighted by Gasteiger charge is -2.34. The van der Waals surface area contributed by atoms with Crippen LogP contribution < -0.4 is 10.4 Å². The van der Waals surface area contributed by atoms with Crippen LogP contribution in [0.15, 0.2) is 36.0 Å². The molecule has 1 saturated heterocycles. The molecule has 4 rings (SSSR count). The number of nitrogens with zero attached hydrogens (tertiary/aromatic N) is 1. The molecule has 1 N–H and O–H groups in total. The number of hydrogen-bond donors (Lipinski definition) is 1. The van der Waals surface area contributed by atoms with Gasteiger partial charge in [-0.25, -0.2) is 4.79 Å². The van der Waals surface area contributed by atoms with E-state index in [1.165, 1.54) is 4.90 Å². The zero-order valence-corrected chi connectivity index (χ0v) is 7.97. The van der Waals surface area contributed by atoms with Gasteiger partial charge in [0.05, 0.1) is 0 Å². The van der Waals surface area contributed by atoms with Crippen molar-refractivity contribution in [1.82, 2.24) is 4.90 Å². The fourth-order valence-electron chi connectivity index (χ4n) is 2.09. The third kappa shape index (κ3) is 1.03. The first-order valence-electron chi connectivity index (χ1n) is 4.79. The highest BCUT2D eigenvalue weighted by molar-refractivity contribution is 5.84. The summed E-state index contributed by atoms with van der Waals surface area (Å²) in [5.74, 6) is 0. The van der Waals surface area contributed by atoms with Crippen LogP contribution >= 0.6 is 0 Å². The third-order valence-electron chi connectivity index (χ3n) is 2.82. The van der Waals surface area contributed by atoms with Gasteiger partial charge in [-0.2, -0.15) is 0 Å². The van der Waals surface area contributed by atoms with Gasteiger partial charge >= 0.3 is 6.09 Å². The Labute approximate surface area is 86.3 Å². The van der Waals surface area contributed by atoms with E-state index in [0.29, 0.717) is 0 Å². The summed E-state index contributed by atoms with van der Waals surface area (Å²) >= 11 is 0. The van der Waals surface area contributed by atoms with Crippen molar-refractivity contribution in [2.24, 2.45) is 0 Å². The summed E-state index contributed by atoms with van der Waals surface area (Å²) < 4.78 is 0. The number of rotatable bonds is 0. The average Bonchev–Trinajstić information content (AvgIpc) is 2.43. The summed E-state index contributed by atoms with van der Waals surface area (Å²) in [5.41, 5.74) is 1.74.